The summed E-state index contributed by atoms with van der Waals surface area (Å²) in [6.45, 7) is 6.27. The summed E-state index contributed by atoms with van der Waals surface area (Å²) in [5, 5.41) is 7.50. The number of anilines is 1. The average Bonchev–Trinajstić information content (AvgIpc) is 2.94. The van der Waals surface area contributed by atoms with Crippen molar-refractivity contribution >= 4 is 38.7 Å². The first-order valence-corrected chi connectivity index (χ1v) is 8.13. The SMILES string of the molecule is CNc1nc(Cc2csc(C)n2)nc2sc(C)c(C)c12. The van der Waals surface area contributed by atoms with E-state index >= 15 is 0 Å². The van der Waals surface area contributed by atoms with Crippen LogP contribution >= 0.6 is 22.7 Å². The van der Waals surface area contributed by atoms with Crippen molar-refractivity contribution in [2.24, 2.45) is 0 Å². The molecular formula is C14H16N4S2. The van der Waals surface area contributed by atoms with Crippen LogP contribution in [-0.2, 0) is 6.42 Å². The van der Waals surface area contributed by atoms with Crippen molar-refractivity contribution in [3.05, 3.63) is 32.3 Å². The Hall–Kier alpha value is -1.53. The van der Waals surface area contributed by atoms with Crippen LogP contribution in [0.25, 0.3) is 10.2 Å². The van der Waals surface area contributed by atoms with E-state index in [2.05, 4.69) is 34.5 Å². The van der Waals surface area contributed by atoms with E-state index in [4.69, 9.17) is 4.98 Å². The first-order chi connectivity index (χ1) is 9.58. The van der Waals surface area contributed by atoms with Gasteiger partial charge in [-0.2, -0.15) is 0 Å². The van der Waals surface area contributed by atoms with Gasteiger partial charge in [-0.15, -0.1) is 22.7 Å². The van der Waals surface area contributed by atoms with Gasteiger partial charge in [0, 0.05) is 17.3 Å². The summed E-state index contributed by atoms with van der Waals surface area (Å²) >= 11 is 3.39. The number of aromatic nitrogens is 3. The minimum atomic E-state index is 0.685. The molecule has 0 aliphatic rings. The summed E-state index contributed by atoms with van der Waals surface area (Å²) in [6, 6.07) is 0. The molecule has 4 nitrogen and oxygen atoms in total. The monoisotopic (exact) mass is 304 g/mol. The van der Waals surface area contributed by atoms with Crippen molar-refractivity contribution in [2.45, 2.75) is 27.2 Å². The maximum atomic E-state index is 4.70. The van der Waals surface area contributed by atoms with Gasteiger partial charge in [0.25, 0.3) is 0 Å². The molecule has 1 N–H and O–H groups in total. The van der Waals surface area contributed by atoms with Crippen LogP contribution in [-0.4, -0.2) is 22.0 Å². The lowest BCUT2D eigenvalue weighted by Crippen LogP contribution is -2.02. The minimum absolute atomic E-state index is 0.685. The van der Waals surface area contributed by atoms with Crippen molar-refractivity contribution < 1.29 is 0 Å². The summed E-state index contributed by atoms with van der Waals surface area (Å²) < 4.78 is 0. The molecule has 0 saturated heterocycles. The molecule has 3 rings (SSSR count). The van der Waals surface area contributed by atoms with Gasteiger partial charge in [0.05, 0.1) is 22.5 Å². The molecule has 6 heteroatoms. The lowest BCUT2D eigenvalue weighted by Gasteiger charge is -2.05. The third kappa shape index (κ3) is 2.29. The molecule has 0 aromatic carbocycles. The topological polar surface area (TPSA) is 50.7 Å². The third-order valence-electron chi connectivity index (χ3n) is 3.32. The summed E-state index contributed by atoms with van der Waals surface area (Å²) in [4.78, 5) is 16.2. The average molecular weight is 304 g/mol. The molecule has 0 aliphatic carbocycles. The molecule has 3 aromatic heterocycles. The van der Waals surface area contributed by atoms with Gasteiger partial charge < -0.3 is 5.32 Å². The van der Waals surface area contributed by atoms with Gasteiger partial charge in [0.15, 0.2) is 0 Å². The molecule has 0 fully saturated rings. The molecule has 0 amide bonds. The van der Waals surface area contributed by atoms with E-state index in [1.165, 1.54) is 10.4 Å². The number of nitrogens with zero attached hydrogens (tertiary/aromatic N) is 3. The Morgan fingerprint density at radius 1 is 1.15 bits per heavy atom. The molecule has 0 saturated carbocycles. The molecule has 104 valence electrons. The Bertz CT molecular complexity index is 773. The second kappa shape index (κ2) is 5.10. The van der Waals surface area contributed by atoms with Crippen molar-refractivity contribution in [2.75, 3.05) is 12.4 Å². The second-order valence-corrected chi connectivity index (χ2v) is 7.00. The fraction of sp³-hybridized carbons (Fsp3) is 0.357. The fourth-order valence-corrected chi connectivity index (χ4v) is 3.87. The molecule has 0 bridgehead atoms. The predicted molar refractivity (Wildman–Crippen MR) is 86.1 cm³/mol. The number of nitrogens with one attached hydrogen (secondary N) is 1. The second-order valence-electron chi connectivity index (χ2n) is 4.74. The van der Waals surface area contributed by atoms with Crippen molar-refractivity contribution in [3.8, 4) is 0 Å². The highest BCUT2D eigenvalue weighted by Gasteiger charge is 2.14. The zero-order valence-electron chi connectivity index (χ0n) is 11.9. The Balaban J connectivity index is 2.08. The van der Waals surface area contributed by atoms with Gasteiger partial charge >= 0.3 is 0 Å². The van der Waals surface area contributed by atoms with Gasteiger partial charge in [-0.25, -0.2) is 15.0 Å². The predicted octanol–water partition coefficient (Wildman–Crippen LogP) is 3.71. The highest BCUT2D eigenvalue weighted by Crippen LogP contribution is 2.33. The molecule has 3 heterocycles. The summed E-state index contributed by atoms with van der Waals surface area (Å²) in [7, 11) is 1.91. The van der Waals surface area contributed by atoms with Crippen LogP contribution in [0, 0.1) is 20.8 Å². The quantitative estimate of drug-likeness (QED) is 0.801. The van der Waals surface area contributed by atoms with Crippen molar-refractivity contribution in [1.82, 2.24) is 15.0 Å². The molecule has 0 spiro atoms. The lowest BCUT2D eigenvalue weighted by molar-refractivity contribution is 0.962. The zero-order chi connectivity index (χ0) is 14.3. The van der Waals surface area contributed by atoms with Gasteiger partial charge in [0.1, 0.15) is 16.5 Å². The van der Waals surface area contributed by atoms with E-state index in [-0.39, 0.29) is 0 Å². The van der Waals surface area contributed by atoms with E-state index in [9.17, 15) is 0 Å². The zero-order valence-corrected chi connectivity index (χ0v) is 13.6. The molecule has 0 unspecified atom stereocenters. The summed E-state index contributed by atoms with van der Waals surface area (Å²) in [5.41, 5.74) is 2.31. The molecular weight excluding hydrogens is 288 g/mol. The number of thiophene rings is 1. The van der Waals surface area contributed by atoms with Crippen LogP contribution in [0.1, 0.15) is 27.0 Å². The van der Waals surface area contributed by atoms with E-state index in [1.807, 2.05) is 14.0 Å². The normalized spacial score (nSPS) is 11.2. The van der Waals surface area contributed by atoms with Crippen LogP contribution in [0.4, 0.5) is 5.82 Å². The van der Waals surface area contributed by atoms with Gasteiger partial charge in [-0.05, 0) is 26.3 Å². The Morgan fingerprint density at radius 2 is 1.95 bits per heavy atom. The maximum absolute atomic E-state index is 4.70. The number of fused-ring (bicyclic) bond motifs is 1. The van der Waals surface area contributed by atoms with E-state index in [0.29, 0.717) is 6.42 Å². The third-order valence-corrected chi connectivity index (χ3v) is 5.24. The Morgan fingerprint density at radius 3 is 2.60 bits per heavy atom. The smallest absolute Gasteiger partial charge is 0.138 e. The first-order valence-electron chi connectivity index (χ1n) is 6.44. The molecule has 0 radical (unpaired) electrons. The molecule has 0 aliphatic heterocycles. The van der Waals surface area contributed by atoms with Gasteiger partial charge in [-0.3, -0.25) is 0 Å². The van der Waals surface area contributed by atoms with Crippen molar-refractivity contribution in [1.29, 1.82) is 0 Å². The number of aryl methyl sites for hydroxylation is 3. The van der Waals surface area contributed by atoms with Gasteiger partial charge in [0.2, 0.25) is 0 Å². The molecule has 20 heavy (non-hydrogen) atoms. The number of thiazole rings is 1. The highest BCUT2D eigenvalue weighted by atomic mass is 32.1. The number of hydrogen-bond donors (Lipinski definition) is 1. The van der Waals surface area contributed by atoms with E-state index in [1.54, 1.807) is 22.7 Å². The van der Waals surface area contributed by atoms with Crippen LogP contribution < -0.4 is 5.32 Å². The Labute approximate surface area is 125 Å². The maximum Gasteiger partial charge on any atom is 0.138 e. The highest BCUT2D eigenvalue weighted by molar-refractivity contribution is 7.18. The standard InChI is InChI=1S/C14H16N4S2/c1-7-8(2)20-14-12(7)13(15-4)17-11(18-14)5-10-6-19-9(3)16-10/h6H,5H2,1-4H3,(H,15,17,18). The van der Waals surface area contributed by atoms with Crippen molar-refractivity contribution in [3.63, 3.8) is 0 Å². The first kappa shape index (κ1) is 13.5. The molecule has 3 aromatic rings. The van der Waals surface area contributed by atoms with E-state index in [0.717, 1.165) is 32.6 Å². The van der Waals surface area contributed by atoms with Crippen LogP contribution in [0.5, 0.6) is 0 Å². The molecule has 0 atom stereocenters. The number of rotatable bonds is 3. The van der Waals surface area contributed by atoms with Crippen LogP contribution in [0.2, 0.25) is 0 Å². The summed E-state index contributed by atoms with van der Waals surface area (Å²) in [6.07, 6.45) is 0.685. The largest absolute Gasteiger partial charge is 0.372 e. The summed E-state index contributed by atoms with van der Waals surface area (Å²) in [5.74, 6) is 1.74. The minimum Gasteiger partial charge on any atom is -0.372 e. The lowest BCUT2D eigenvalue weighted by atomic mass is 10.2. The van der Waals surface area contributed by atoms with Gasteiger partial charge in [-0.1, -0.05) is 0 Å². The van der Waals surface area contributed by atoms with Crippen LogP contribution in [0.15, 0.2) is 5.38 Å². The number of hydrogen-bond acceptors (Lipinski definition) is 6. The Kier molecular flexibility index (Phi) is 3.43. The van der Waals surface area contributed by atoms with Crippen LogP contribution in [0.3, 0.4) is 0 Å². The van der Waals surface area contributed by atoms with E-state index < -0.39 is 0 Å². The fourth-order valence-electron chi connectivity index (χ4n) is 2.21.